The van der Waals surface area contributed by atoms with Crippen LogP contribution in [-0.4, -0.2) is 24.3 Å². The highest BCUT2D eigenvalue weighted by Crippen LogP contribution is 2.04. The van der Waals surface area contributed by atoms with Gasteiger partial charge in [-0.2, -0.15) is 5.10 Å². The van der Waals surface area contributed by atoms with Crippen molar-refractivity contribution in [1.29, 1.82) is 0 Å². The molecule has 4 nitrogen and oxygen atoms in total. The molecule has 1 aliphatic heterocycles. The van der Waals surface area contributed by atoms with Crippen LogP contribution in [0.5, 0.6) is 0 Å². The first-order valence-corrected chi connectivity index (χ1v) is 3.15. The zero-order valence-electron chi connectivity index (χ0n) is 6.24. The van der Waals surface area contributed by atoms with E-state index < -0.39 is 0 Å². The molecule has 4 heteroatoms. The van der Waals surface area contributed by atoms with Gasteiger partial charge in [-0.25, -0.2) is 0 Å². The second-order valence-corrected chi connectivity index (χ2v) is 2.03. The molecular formula is C7H9N3O. The van der Waals surface area contributed by atoms with Crippen molar-refractivity contribution in [2.24, 2.45) is 5.10 Å². The van der Waals surface area contributed by atoms with Gasteiger partial charge in [0.05, 0.1) is 0 Å². The largest absolute Gasteiger partial charge is 0.310 e. The Hall–Kier alpha value is -1.58. The number of carbonyl (C=O) groups excluding carboxylic acids is 1. The first-order chi connectivity index (χ1) is 5.25. The molecule has 0 aromatic heterocycles. The number of hydrazone groups is 1. The molecule has 0 saturated heterocycles. The summed E-state index contributed by atoms with van der Waals surface area (Å²) in [6, 6.07) is 0. The zero-order valence-corrected chi connectivity index (χ0v) is 6.24. The number of allylic oxidation sites excluding steroid dienone is 2. The third-order valence-corrected chi connectivity index (χ3v) is 1.28. The molecule has 58 valence electrons. The van der Waals surface area contributed by atoms with Gasteiger partial charge in [-0.1, -0.05) is 12.7 Å². The first-order valence-electron chi connectivity index (χ1n) is 3.15. The Labute approximate surface area is 64.9 Å². The van der Waals surface area contributed by atoms with Gasteiger partial charge < -0.3 is 5.32 Å². The number of hydrogen-bond acceptors (Lipinski definition) is 3. The maximum atomic E-state index is 11.0. The lowest BCUT2D eigenvalue weighted by Gasteiger charge is -2.18. The number of hydrogen-bond donors (Lipinski definition) is 1. The molecule has 0 aliphatic carbocycles. The van der Waals surface area contributed by atoms with Gasteiger partial charge in [0.2, 0.25) is 0 Å². The predicted molar refractivity (Wildman–Crippen MR) is 42.7 cm³/mol. The quantitative estimate of drug-likeness (QED) is 0.538. The van der Waals surface area contributed by atoms with Crippen LogP contribution in [0.3, 0.4) is 0 Å². The highest BCUT2D eigenvalue weighted by molar-refractivity contribution is 6.01. The fourth-order valence-corrected chi connectivity index (χ4v) is 0.752. The van der Waals surface area contributed by atoms with E-state index in [9.17, 15) is 4.79 Å². The molecule has 1 amide bonds. The smallest absolute Gasteiger partial charge is 0.274 e. The molecule has 0 fully saturated rings. The minimum absolute atomic E-state index is 0.164. The van der Waals surface area contributed by atoms with Crippen LogP contribution in [-0.2, 0) is 4.79 Å². The van der Waals surface area contributed by atoms with Gasteiger partial charge >= 0.3 is 0 Å². The van der Waals surface area contributed by atoms with E-state index in [4.69, 9.17) is 0 Å². The summed E-state index contributed by atoms with van der Waals surface area (Å²) in [5.74, 6) is -0.164. The van der Waals surface area contributed by atoms with Crippen LogP contribution in [0.15, 0.2) is 29.5 Å². The van der Waals surface area contributed by atoms with Crippen LogP contribution in [0, 0.1) is 0 Å². The zero-order chi connectivity index (χ0) is 8.27. The van der Waals surface area contributed by atoms with Gasteiger partial charge in [-0.05, 0) is 6.08 Å². The summed E-state index contributed by atoms with van der Waals surface area (Å²) in [5.41, 5.74) is 0.488. The van der Waals surface area contributed by atoms with E-state index in [1.54, 1.807) is 19.2 Å². The molecule has 0 saturated carbocycles. The number of likely N-dealkylation sites (N-methyl/N-ethyl adjacent to an activating group) is 1. The van der Waals surface area contributed by atoms with Crippen LogP contribution in [0.1, 0.15) is 0 Å². The van der Waals surface area contributed by atoms with E-state index in [0.29, 0.717) is 5.70 Å². The number of nitrogens with one attached hydrogen (secondary N) is 1. The molecule has 1 aliphatic rings. The Morgan fingerprint density at radius 2 is 2.55 bits per heavy atom. The van der Waals surface area contributed by atoms with Crippen LogP contribution in [0.25, 0.3) is 0 Å². The second kappa shape index (κ2) is 3.01. The Morgan fingerprint density at radius 1 is 1.82 bits per heavy atom. The summed E-state index contributed by atoms with van der Waals surface area (Å²) in [4.78, 5) is 11.0. The summed E-state index contributed by atoms with van der Waals surface area (Å²) in [6.45, 7) is 3.49. The van der Waals surface area contributed by atoms with Crippen molar-refractivity contribution in [3.05, 3.63) is 24.4 Å². The maximum Gasteiger partial charge on any atom is 0.274 e. The van der Waals surface area contributed by atoms with Crippen molar-refractivity contribution >= 4 is 12.2 Å². The fraction of sp³-hybridized carbons (Fsp3) is 0.143. The van der Waals surface area contributed by atoms with Crippen molar-refractivity contribution in [2.75, 3.05) is 7.05 Å². The van der Waals surface area contributed by atoms with E-state index in [-0.39, 0.29) is 5.91 Å². The van der Waals surface area contributed by atoms with E-state index in [1.165, 1.54) is 11.3 Å². The van der Waals surface area contributed by atoms with Crippen LogP contribution in [0.4, 0.5) is 0 Å². The van der Waals surface area contributed by atoms with Gasteiger partial charge in [0.25, 0.3) is 5.91 Å². The van der Waals surface area contributed by atoms with E-state index in [1.807, 2.05) is 0 Å². The topological polar surface area (TPSA) is 44.7 Å². The summed E-state index contributed by atoms with van der Waals surface area (Å²) in [6.07, 6.45) is 4.50. The molecule has 1 heterocycles. The Balaban J connectivity index is 2.91. The van der Waals surface area contributed by atoms with Crippen molar-refractivity contribution in [1.82, 2.24) is 10.3 Å². The van der Waals surface area contributed by atoms with Gasteiger partial charge in [-0.15, -0.1) is 0 Å². The number of amides is 1. The third kappa shape index (κ3) is 1.46. The predicted octanol–water partition coefficient (Wildman–Crippen LogP) is 0.0612. The van der Waals surface area contributed by atoms with Gasteiger partial charge in [-0.3, -0.25) is 9.80 Å². The molecule has 1 N–H and O–H groups in total. The summed E-state index contributed by atoms with van der Waals surface area (Å²) >= 11 is 0. The van der Waals surface area contributed by atoms with Gasteiger partial charge in [0.1, 0.15) is 12.0 Å². The first kappa shape index (κ1) is 7.53. The average Bonchev–Trinajstić information content (AvgIpc) is 1.97. The molecule has 0 aromatic rings. The van der Waals surface area contributed by atoms with Crippen LogP contribution >= 0.6 is 0 Å². The molecule has 0 aromatic carbocycles. The van der Waals surface area contributed by atoms with Gasteiger partial charge in [0, 0.05) is 7.05 Å². The number of nitrogens with zero attached hydrogens (tertiary/aromatic N) is 2. The van der Waals surface area contributed by atoms with E-state index >= 15 is 0 Å². The lowest BCUT2D eigenvalue weighted by atomic mass is 10.3. The fourth-order valence-electron chi connectivity index (χ4n) is 0.752. The molecule has 0 atom stereocenters. The molecule has 0 radical (unpaired) electrons. The number of carbonyl (C=O) groups is 1. The molecule has 1 rings (SSSR count). The lowest BCUT2D eigenvalue weighted by molar-refractivity contribution is -0.117. The molecule has 11 heavy (non-hydrogen) atoms. The molecular weight excluding hydrogens is 142 g/mol. The van der Waals surface area contributed by atoms with Crippen molar-refractivity contribution in [3.8, 4) is 0 Å². The Bertz CT molecular complexity index is 242. The van der Waals surface area contributed by atoms with E-state index in [2.05, 4.69) is 17.0 Å². The standard InChI is InChI=1S/C7H9N3O/c1-3-4-6-7(11)8-5-9-10(6)2/h3-5H,1H2,2H3,(H,8,9,11)/b6-4+. The summed E-state index contributed by atoms with van der Waals surface area (Å²) < 4.78 is 0. The van der Waals surface area contributed by atoms with Crippen LogP contribution in [0.2, 0.25) is 0 Å². The molecule has 0 bridgehead atoms. The summed E-state index contributed by atoms with van der Waals surface area (Å²) in [7, 11) is 1.70. The summed E-state index contributed by atoms with van der Waals surface area (Å²) in [5, 5.41) is 7.79. The minimum Gasteiger partial charge on any atom is -0.310 e. The van der Waals surface area contributed by atoms with E-state index in [0.717, 1.165) is 0 Å². The van der Waals surface area contributed by atoms with Crippen molar-refractivity contribution < 1.29 is 4.79 Å². The van der Waals surface area contributed by atoms with Crippen LogP contribution < -0.4 is 5.32 Å². The van der Waals surface area contributed by atoms with Gasteiger partial charge in [0.15, 0.2) is 0 Å². The number of rotatable bonds is 1. The monoisotopic (exact) mass is 151 g/mol. The molecule has 0 spiro atoms. The Morgan fingerprint density at radius 3 is 3.09 bits per heavy atom. The van der Waals surface area contributed by atoms with Crippen molar-refractivity contribution in [3.63, 3.8) is 0 Å². The minimum atomic E-state index is -0.164. The Kier molecular flexibility index (Phi) is 2.06. The molecule has 0 unspecified atom stereocenters. The third-order valence-electron chi connectivity index (χ3n) is 1.28. The highest BCUT2D eigenvalue weighted by atomic mass is 16.2. The second-order valence-electron chi connectivity index (χ2n) is 2.03. The lowest BCUT2D eigenvalue weighted by Crippen LogP contribution is -2.35. The van der Waals surface area contributed by atoms with Crippen molar-refractivity contribution in [2.45, 2.75) is 0 Å². The average molecular weight is 151 g/mol. The highest BCUT2D eigenvalue weighted by Gasteiger charge is 2.14. The maximum absolute atomic E-state index is 11.0. The normalized spacial score (nSPS) is 20.3. The SMILES string of the molecule is C=C/C=C1\C(=O)NC=NN1C.